The highest BCUT2D eigenvalue weighted by Gasteiger charge is 2.23. The number of carbonyl (C=O) groups excluding carboxylic acids is 1. The van der Waals surface area contributed by atoms with Crippen LogP contribution in [0.5, 0.6) is 0 Å². The third-order valence-electron chi connectivity index (χ3n) is 2.47. The molecule has 1 aromatic rings. The maximum atomic E-state index is 11.3. The van der Waals surface area contributed by atoms with Crippen molar-refractivity contribution in [3.8, 4) is 0 Å². The third kappa shape index (κ3) is 1.94. The lowest BCUT2D eigenvalue weighted by molar-refractivity contribution is 0.181. The van der Waals surface area contributed by atoms with Gasteiger partial charge in [0.1, 0.15) is 6.61 Å². The van der Waals surface area contributed by atoms with Gasteiger partial charge in [-0.2, -0.15) is 0 Å². The van der Waals surface area contributed by atoms with Crippen LogP contribution in [0.2, 0.25) is 0 Å². The second kappa shape index (κ2) is 3.90. The summed E-state index contributed by atoms with van der Waals surface area (Å²) in [6, 6.07) is 7.65. The molecule has 1 aromatic carbocycles. The molecular formula is C11H14N2O2. The molecule has 1 heterocycles. The van der Waals surface area contributed by atoms with Crippen LogP contribution in [-0.4, -0.2) is 19.2 Å². The fourth-order valence-corrected chi connectivity index (χ4v) is 1.60. The van der Waals surface area contributed by atoms with Crippen LogP contribution in [-0.2, 0) is 4.74 Å². The molecule has 2 N–H and O–H groups in total. The molecule has 0 saturated carbocycles. The van der Waals surface area contributed by atoms with Crippen LogP contribution < -0.4 is 10.6 Å². The molecule has 0 aromatic heterocycles. The van der Waals surface area contributed by atoms with E-state index >= 15 is 0 Å². The highest BCUT2D eigenvalue weighted by Crippen LogP contribution is 2.22. The molecule has 2 rings (SSSR count). The van der Waals surface area contributed by atoms with Gasteiger partial charge in [-0.3, -0.25) is 4.90 Å². The van der Waals surface area contributed by atoms with E-state index in [0.717, 1.165) is 11.3 Å². The fraction of sp³-hybridized carbons (Fsp3) is 0.364. The van der Waals surface area contributed by atoms with Gasteiger partial charge in [0.05, 0.1) is 6.54 Å². The van der Waals surface area contributed by atoms with Crippen LogP contribution in [0.1, 0.15) is 18.5 Å². The van der Waals surface area contributed by atoms with Gasteiger partial charge >= 0.3 is 6.09 Å². The van der Waals surface area contributed by atoms with Crippen LogP contribution in [0.4, 0.5) is 10.5 Å². The molecule has 4 heteroatoms. The zero-order valence-electron chi connectivity index (χ0n) is 8.64. The van der Waals surface area contributed by atoms with Crippen molar-refractivity contribution in [2.75, 3.05) is 18.1 Å². The number of hydrogen-bond donors (Lipinski definition) is 1. The number of benzene rings is 1. The molecule has 1 aliphatic heterocycles. The number of amides is 1. The summed E-state index contributed by atoms with van der Waals surface area (Å²) in [6.45, 7) is 2.99. The van der Waals surface area contributed by atoms with Gasteiger partial charge < -0.3 is 10.5 Å². The van der Waals surface area contributed by atoms with E-state index in [-0.39, 0.29) is 12.1 Å². The summed E-state index contributed by atoms with van der Waals surface area (Å²) in [5.41, 5.74) is 7.66. The Bertz CT molecular complexity index is 377. The molecule has 0 radical (unpaired) electrons. The van der Waals surface area contributed by atoms with Crippen molar-refractivity contribution in [2.45, 2.75) is 13.0 Å². The van der Waals surface area contributed by atoms with Crippen molar-refractivity contribution in [2.24, 2.45) is 5.73 Å². The predicted molar refractivity (Wildman–Crippen MR) is 57.7 cm³/mol. The first-order chi connectivity index (χ1) is 7.18. The molecule has 1 unspecified atom stereocenters. The predicted octanol–water partition coefficient (Wildman–Crippen LogP) is 1.66. The quantitative estimate of drug-likeness (QED) is 0.800. The molecule has 0 spiro atoms. The number of ether oxygens (including phenoxy) is 1. The van der Waals surface area contributed by atoms with Gasteiger partial charge in [0.15, 0.2) is 0 Å². The van der Waals surface area contributed by atoms with Crippen molar-refractivity contribution < 1.29 is 9.53 Å². The monoisotopic (exact) mass is 206 g/mol. The van der Waals surface area contributed by atoms with E-state index in [2.05, 4.69) is 0 Å². The third-order valence-corrected chi connectivity index (χ3v) is 2.47. The van der Waals surface area contributed by atoms with E-state index in [9.17, 15) is 4.79 Å². The van der Waals surface area contributed by atoms with Crippen LogP contribution >= 0.6 is 0 Å². The number of carbonyl (C=O) groups is 1. The van der Waals surface area contributed by atoms with Crippen molar-refractivity contribution >= 4 is 11.8 Å². The molecule has 1 atom stereocenters. The summed E-state index contributed by atoms with van der Waals surface area (Å²) >= 11 is 0. The average molecular weight is 206 g/mol. The Kier molecular flexibility index (Phi) is 2.60. The van der Waals surface area contributed by atoms with Crippen molar-refractivity contribution in [3.63, 3.8) is 0 Å². The number of cyclic esters (lactones) is 1. The molecule has 4 nitrogen and oxygen atoms in total. The molecule has 0 bridgehead atoms. The first kappa shape index (κ1) is 9.98. The number of nitrogens with two attached hydrogens (primary N) is 1. The highest BCUT2D eigenvalue weighted by molar-refractivity contribution is 5.89. The molecule has 1 saturated heterocycles. The van der Waals surface area contributed by atoms with E-state index in [1.807, 2.05) is 31.2 Å². The lowest BCUT2D eigenvalue weighted by Crippen LogP contribution is -2.23. The molecular weight excluding hydrogens is 192 g/mol. The lowest BCUT2D eigenvalue weighted by atomic mass is 10.1. The van der Waals surface area contributed by atoms with Crippen molar-refractivity contribution in [3.05, 3.63) is 29.8 Å². The minimum Gasteiger partial charge on any atom is -0.447 e. The molecule has 1 amide bonds. The smallest absolute Gasteiger partial charge is 0.414 e. The molecule has 0 aliphatic carbocycles. The number of nitrogens with zero attached hydrogens (tertiary/aromatic N) is 1. The molecule has 80 valence electrons. The minimum absolute atomic E-state index is 0.0245. The molecule has 1 fully saturated rings. The summed E-state index contributed by atoms with van der Waals surface area (Å²) in [7, 11) is 0. The van der Waals surface area contributed by atoms with Crippen molar-refractivity contribution in [1.82, 2.24) is 0 Å². The molecule has 15 heavy (non-hydrogen) atoms. The number of hydrogen-bond acceptors (Lipinski definition) is 3. The van der Waals surface area contributed by atoms with Crippen LogP contribution in [0.3, 0.4) is 0 Å². The van der Waals surface area contributed by atoms with Crippen LogP contribution in [0.15, 0.2) is 24.3 Å². The van der Waals surface area contributed by atoms with Gasteiger partial charge in [-0.15, -0.1) is 0 Å². The normalized spacial score (nSPS) is 17.7. The Balaban J connectivity index is 2.28. The van der Waals surface area contributed by atoms with Gasteiger partial charge in [-0.05, 0) is 24.6 Å². The second-order valence-electron chi connectivity index (χ2n) is 3.65. The molecule has 1 aliphatic rings. The summed E-state index contributed by atoms with van der Waals surface area (Å²) in [5, 5.41) is 0. The first-order valence-corrected chi connectivity index (χ1v) is 4.98. The van der Waals surface area contributed by atoms with E-state index in [4.69, 9.17) is 10.5 Å². The topological polar surface area (TPSA) is 55.6 Å². The summed E-state index contributed by atoms with van der Waals surface area (Å²) in [4.78, 5) is 12.9. The van der Waals surface area contributed by atoms with E-state index in [1.54, 1.807) is 4.90 Å². The van der Waals surface area contributed by atoms with Gasteiger partial charge in [0.2, 0.25) is 0 Å². The summed E-state index contributed by atoms with van der Waals surface area (Å²) < 4.78 is 4.88. The SMILES string of the molecule is CC(N)c1cccc(N2CCOC2=O)c1. The highest BCUT2D eigenvalue weighted by atomic mass is 16.6. The van der Waals surface area contributed by atoms with E-state index in [0.29, 0.717) is 13.2 Å². The van der Waals surface area contributed by atoms with Gasteiger partial charge in [-0.25, -0.2) is 4.79 Å². The standard InChI is InChI=1S/C11H14N2O2/c1-8(12)9-3-2-4-10(7-9)13-5-6-15-11(13)14/h2-4,7-8H,5-6,12H2,1H3. The largest absolute Gasteiger partial charge is 0.447 e. The Morgan fingerprint density at radius 2 is 2.33 bits per heavy atom. The zero-order valence-corrected chi connectivity index (χ0v) is 8.64. The Hall–Kier alpha value is -1.55. The van der Waals surface area contributed by atoms with Crippen LogP contribution in [0, 0.1) is 0 Å². The summed E-state index contributed by atoms with van der Waals surface area (Å²) in [5.74, 6) is 0. The van der Waals surface area contributed by atoms with E-state index < -0.39 is 0 Å². The number of anilines is 1. The van der Waals surface area contributed by atoms with Gasteiger partial charge in [0.25, 0.3) is 0 Å². The van der Waals surface area contributed by atoms with Gasteiger partial charge in [-0.1, -0.05) is 12.1 Å². The maximum Gasteiger partial charge on any atom is 0.414 e. The van der Waals surface area contributed by atoms with E-state index in [1.165, 1.54) is 0 Å². The fourth-order valence-electron chi connectivity index (χ4n) is 1.60. The average Bonchev–Trinajstić information content (AvgIpc) is 2.64. The number of rotatable bonds is 2. The van der Waals surface area contributed by atoms with Gasteiger partial charge in [0, 0.05) is 11.7 Å². The summed E-state index contributed by atoms with van der Waals surface area (Å²) in [6.07, 6.45) is -0.281. The minimum atomic E-state index is -0.281. The lowest BCUT2D eigenvalue weighted by Gasteiger charge is -2.14. The Morgan fingerprint density at radius 3 is 2.93 bits per heavy atom. The van der Waals surface area contributed by atoms with Crippen molar-refractivity contribution in [1.29, 1.82) is 0 Å². The second-order valence-corrected chi connectivity index (χ2v) is 3.65. The zero-order chi connectivity index (χ0) is 10.8. The Labute approximate surface area is 88.6 Å². The Morgan fingerprint density at radius 1 is 1.53 bits per heavy atom. The maximum absolute atomic E-state index is 11.3. The van der Waals surface area contributed by atoms with Crippen LogP contribution in [0.25, 0.3) is 0 Å². The first-order valence-electron chi connectivity index (χ1n) is 4.98.